The lowest BCUT2D eigenvalue weighted by molar-refractivity contribution is -0.113. The van der Waals surface area contributed by atoms with Gasteiger partial charge < -0.3 is 14.2 Å². The van der Waals surface area contributed by atoms with Gasteiger partial charge in [-0.2, -0.15) is 0 Å². The number of Topliss-reactive ketones (excluding diaryl/α,β-unsaturated/α-hetero) is 1. The van der Waals surface area contributed by atoms with E-state index in [2.05, 4.69) is 0 Å². The number of allylic oxidation sites excluding steroid dienone is 1. The molecule has 3 rings (SSSR count). The minimum Gasteiger partial charge on any atom is -0.497 e. The summed E-state index contributed by atoms with van der Waals surface area (Å²) >= 11 is 0.919. The Morgan fingerprint density at radius 3 is 2.27 bits per heavy atom. The molecule has 0 atom stereocenters. The summed E-state index contributed by atoms with van der Waals surface area (Å²) in [7, 11) is 4.59. The van der Waals surface area contributed by atoms with Crippen molar-refractivity contribution in [3.8, 4) is 17.2 Å². The van der Waals surface area contributed by atoms with Crippen LogP contribution in [-0.2, 0) is 4.79 Å². The van der Waals surface area contributed by atoms with Gasteiger partial charge in [0.25, 0.3) is 0 Å². The van der Waals surface area contributed by atoms with E-state index in [0.717, 1.165) is 16.9 Å². The van der Waals surface area contributed by atoms with Crippen molar-refractivity contribution >= 4 is 39.1 Å². The Kier molecular flexibility index (Phi) is 6.64. The lowest BCUT2D eigenvalue weighted by Crippen LogP contribution is -2.14. The summed E-state index contributed by atoms with van der Waals surface area (Å²) in [5, 5.41) is 0.618. The van der Waals surface area contributed by atoms with Crippen LogP contribution in [0, 0.1) is 0 Å². The first-order chi connectivity index (χ1) is 14.4. The third-order valence-electron chi connectivity index (χ3n) is 4.46. The highest BCUT2D eigenvalue weighted by Crippen LogP contribution is 2.32. The Morgan fingerprint density at radius 1 is 0.933 bits per heavy atom. The maximum Gasteiger partial charge on any atom is 0.243 e. The number of carbonyl (C=O) groups is 2. The average Bonchev–Trinajstić information content (AvgIpc) is 2.76. The van der Waals surface area contributed by atoms with Crippen molar-refractivity contribution in [1.29, 1.82) is 0 Å². The van der Waals surface area contributed by atoms with Crippen LogP contribution in [-0.4, -0.2) is 32.9 Å². The van der Waals surface area contributed by atoms with Crippen molar-refractivity contribution < 1.29 is 23.8 Å². The number of ketones is 2. The quantitative estimate of drug-likeness (QED) is 0.307. The topological polar surface area (TPSA) is 78.9 Å². The van der Waals surface area contributed by atoms with Gasteiger partial charge >= 0.3 is 0 Å². The molecule has 1 heterocycles. The second-order valence-electron chi connectivity index (χ2n) is 6.36. The first-order valence-electron chi connectivity index (χ1n) is 9.03. The largest absolute Gasteiger partial charge is 0.497 e. The van der Waals surface area contributed by atoms with Gasteiger partial charge in [0.1, 0.15) is 17.2 Å². The van der Waals surface area contributed by atoms with Gasteiger partial charge in [-0.3, -0.25) is 14.4 Å². The van der Waals surface area contributed by atoms with Crippen LogP contribution in [0.15, 0.2) is 53.3 Å². The van der Waals surface area contributed by atoms with Crippen LogP contribution in [0.1, 0.15) is 22.3 Å². The van der Waals surface area contributed by atoms with Crippen LogP contribution in [0.25, 0.3) is 16.2 Å². The van der Waals surface area contributed by atoms with Crippen molar-refractivity contribution in [2.24, 2.45) is 0 Å². The molecular formula is C23H20O6S. The lowest BCUT2D eigenvalue weighted by atomic mass is 10.1. The van der Waals surface area contributed by atoms with Crippen LogP contribution in [0.2, 0.25) is 0 Å². The average molecular weight is 424 g/mol. The van der Waals surface area contributed by atoms with Gasteiger partial charge in [0.15, 0.2) is 11.6 Å². The van der Waals surface area contributed by atoms with Crippen LogP contribution >= 0.6 is 11.3 Å². The van der Waals surface area contributed by atoms with E-state index in [1.54, 1.807) is 49.6 Å². The smallest absolute Gasteiger partial charge is 0.243 e. The molecule has 0 aliphatic heterocycles. The highest BCUT2D eigenvalue weighted by Gasteiger charge is 2.17. The standard InChI is InChI=1S/C23H20O6S/c1-27-16-8-5-14(6-9-16)4-7-15(24)10-20(25)18-13-19-21(29-3)11-17(28-2)12-22(19)30-23(18)26/h4-9,11-13H,10H2,1-3H3/b7-4+. The fourth-order valence-electron chi connectivity index (χ4n) is 2.86. The second kappa shape index (κ2) is 9.37. The Labute approximate surface area is 177 Å². The monoisotopic (exact) mass is 424 g/mol. The van der Waals surface area contributed by atoms with E-state index in [1.165, 1.54) is 26.4 Å². The molecule has 0 N–H and O–H groups in total. The van der Waals surface area contributed by atoms with E-state index in [0.29, 0.717) is 27.3 Å². The van der Waals surface area contributed by atoms with E-state index in [-0.39, 0.29) is 11.3 Å². The first kappa shape index (κ1) is 21.3. The predicted octanol–water partition coefficient (Wildman–Crippen LogP) is 4.14. The molecule has 0 unspecified atom stereocenters. The molecular weight excluding hydrogens is 404 g/mol. The number of benzene rings is 2. The normalized spacial score (nSPS) is 10.9. The van der Waals surface area contributed by atoms with Crippen molar-refractivity contribution in [3.63, 3.8) is 0 Å². The van der Waals surface area contributed by atoms with Crippen LogP contribution in [0.4, 0.5) is 0 Å². The maximum absolute atomic E-state index is 12.6. The van der Waals surface area contributed by atoms with E-state index in [4.69, 9.17) is 14.2 Å². The summed E-state index contributed by atoms with van der Waals surface area (Å²) in [5.41, 5.74) is 0.773. The summed E-state index contributed by atoms with van der Waals surface area (Å²) in [6.45, 7) is 0. The number of fused-ring (bicyclic) bond motifs is 1. The molecule has 3 aromatic rings. The van der Waals surface area contributed by atoms with Gasteiger partial charge in [-0.1, -0.05) is 29.5 Å². The molecule has 0 fully saturated rings. The summed E-state index contributed by atoms with van der Waals surface area (Å²) in [4.78, 5) is 37.3. The number of hydrogen-bond acceptors (Lipinski definition) is 7. The van der Waals surface area contributed by atoms with Crippen molar-refractivity contribution in [3.05, 3.63) is 69.2 Å². The summed E-state index contributed by atoms with van der Waals surface area (Å²) in [5.74, 6) is 0.831. The molecule has 0 aliphatic carbocycles. The predicted molar refractivity (Wildman–Crippen MR) is 117 cm³/mol. The molecule has 2 aromatic carbocycles. The number of ether oxygens (including phenoxy) is 3. The number of carbonyl (C=O) groups excluding carboxylic acids is 2. The van der Waals surface area contributed by atoms with Gasteiger partial charge in [-0.05, 0) is 35.9 Å². The van der Waals surface area contributed by atoms with Crippen molar-refractivity contribution in [2.75, 3.05) is 21.3 Å². The molecule has 6 nitrogen and oxygen atoms in total. The third-order valence-corrected chi connectivity index (χ3v) is 5.42. The van der Waals surface area contributed by atoms with Crippen molar-refractivity contribution in [2.45, 2.75) is 6.42 Å². The van der Waals surface area contributed by atoms with Gasteiger partial charge in [-0.15, -0.1) is 0 Å². The van der Waals surface area contributed by atoms with E-state index in [1.807, 2.05) is 0 Å². The van der Waals surface area contributed by atoms with Crippen LogP contribution in [0.5, 0.6) is 17.2 Å². The molecule has 154 valence electrons. The van der Waals surface area contributed by atoms with Crippen molar-refractivity contribution in [1.82, 2.24) is 0 Å². The number of methoxy groups -OCH3 is 3. The second-order valence-corrected chi connectivity index (χ2v) is 7.38. The molecule has 1 aromatic heterocycles. The maximum atomic E-state index is 12.6. The zero-order valence-electron chi connectivity index (χ0n) is 16.8. The molecule has 0 bridgehead atoms. The van der Waals surface area contributed by atoms with Crippen LogP contribution < -0.4 is 19.0 Å². The van der Waals surface area contributed by atoms with Gasteiger partial charge in [-0.25, -0.2) is 0 Å². The van der Waals surface area contributed by atoms with Gasteiger partial charge in [0, 0.05) is 16.2 Å². The Balaban J connectivity index is 1.81. The fraction of sp³-hybridized carbons (Fsp3) is 0.174. The number of hydrogen-bond donors (Lipinski definition) is 0. The summed E-state index contributed by atoms with van der Waals surface area (Å²) in [6, 6.07) is 12.0. The molecule has 0 amide bonds. The highest BCUT2D eigenvalue weighted by atomic mass is 32.1. The molecule has 7 heteroatoms. The lowest BCUT2D eigenvalue weighted by Gasteiger charge is -2.09. The molecule has 0 aliphatic rings. The molecule has 0 spiro atoms. The number of rotatable bonds is 8. The Hall–Kier alpha value is -3.45. The summed E-state index contributed by atoms with van der Waals surface area (Å²) in [6.07, 6.45) is 2.56. The molecule has 0 saturated heterocycles. The molecule has 0 saturated carbocycles. The Bertz CT molecular complexity index is 1170. The highest BCUT2D eigenvalue weighted by molar-refractivity contribution is 7.16. The fourth-order valence-corrected chi connectivity index (χ4v) is 3.79. The van der Waals surface area contributed by atoms with E-state index < -0.39 is 16.9 Å². The van der Waals surface area contributed by atoms with Crippen LogP contribution in [0.3, 0.4) is 0 Å². The molecule has 30 heavy (non-hydrogen) atoms. The SMILES string of the molecule is COc1ccc(/C=C/C(=O)CC(=O)c2cc3c(OC)cc(OC)cc3sc2=O)cc1. The van der Waals surface area contributed by atoms with E-state index >= 15 is 0 Å². The Morgan fingerprint density at radius 2 is 1.63 bits per heavy atom. The molecule has 0 radical (unpaired) electrons. The minimum absolute atomic E-state index is 0.0258. The van der Waals surface area contributed by atoms with Gasteiger partial charge in [0.05, 0.1) is 33.3 Å². The zero-order valence-corrected chi connectivity index (χ0v) is 17.6. The summed E-state index contributed by atoms with van der Waals surface area (Å²) < 4.78 is 15.9. The van der Waals surface area contributed by atoms with E-state index in [9.17, 15) is 14.4 Å². The zero-order chi connectivity index (χ0) is 21.7. The minimum atomic E-state index is -0.527. The third kappa shape index (κ3) is 4.75. The first-order valence-corrected chi connectivity index (χ1v) is 9.85. The van der Waals surface area contributed by atoms with Gasteiger partial charge in [0.2, 0.25) is 4.74 Å².